The van der Waals surface area contributed by atoms with Crippen molar-refractivity contribution in [2.24, 2.45) is 11.3 Å². The summed E-state index contributed by atoms with van der Waals surface area (Å²) in [6.45, 7) is 8.55. The molecule has 3 atom stereocenters. The Balaban J connectivity index is 2.46. The molecule has 0 bridgehead atoms. The van der Waals surface area contributed by atoms with Crippen LogP contribution in [0.15, 0.2) is 18.2 Å². The molecule has 0 saturated carbocycles. The molecule has 0 aliphatic carbocycles. The van der Waals surface area contributed by atoms with Crippen molar-refractivity contribution in [2.45, 2.75) is 58.7 Å². The number of aliphatic hydroxyl groups excluding tert-OH is 1. The fraction of sp³-hybridized carbons (Fsp3) is 0.550. The van der Waals surface area contributed by atoms with Crippen LogP contribution in [0.4, 0.5) is 0 Å². The summed E-state index contributed by atoms with van der Waals surface area (Å²) in [5.41, 5.74) is -0.733. The van der Waals surface area contributed by atoms with E-state index in [0.29, 0.717) is 16.9 Å². The van der Waals surface area contributed by atoms with Gasteiger partial charge in [0.25, 0.3) is 0 Å². The molecule has 6 nitrogen and oxygen atoms in total. The third-order valence-electron chi connectivity index (χ3n) is 4.86. The molecule has 1 aromatic carbocycles. The summed E-state index contributed by atoms with van der Waals surface area (Å²) in [6.07, 6.45) is -1.15. The first-order valence-electron chi connectivity index (χ1n) is 8.55. The second-order valence-corrected chi connectivity index (χ2v) is 8.43. The topological polar surface area (TPSA) is 108 Å². The summed E-state index contributed by atoms with van der Waals surface area (Å²) in [5, 5.41) is 29.4. The molecule has 0 spiro atoms. The van der Waals surface area contributed by atoms with Crippen LogP contribution in [0.2, 0.25) is 0 Å². The van der Waals surface area contributed by atoms with Gasteiger partial charge in [-0.1, -0.05) is 20.8 Å². The highest BCUT2D eigenvalue weighted by Gasteiger charge is 2.46. The molecule has 1 heterocycles. The van der Waals surface area contributed by atoms with Gasteiger partial charge in [0, 0.05) is 17.9 Å². The second-order valence-electron chi connectivity index (χ2n) is 8.43. The van der Waals surface area contributed by atoms with Crippen molar-refractivity contribution in [1.82, 2.24) is 0 Å². The number of rotatable bonds is 4. The van der Waals surface area contributed by atoms with Gasteiger partial charge in [-0.15, -0.1) is 0 Å². The van der Waals surface area contributed by atoms with Gasteiger partial charge in [-0.2, -0.15) is 5.26 Å². The number of fused-ring (bicyclic) bond motifs is 1. The number of carboxylic acids is 1. The molecule has 0 amide bonds. The largest absolute Gasteiger partial charge is 0.485 e. The van der Waals surface area contributed by atoms with Gasteiger partial charge >= 0.3 is 5.97 Å². The lowest BCUT2D eigenvalue weighted by molar-refractivity contribution is -0.151. The lowest BCUT2D eigenvalue weighted by Gasteiger charge is -2.42. The maximum absolute atomic E-state index is 12.8. The zero-order chi connectivity index (χ0) is 19.9. The van der Waals surface area contributed by atoms with Crippen LogP contribution in [0.3, 0.4) is 0 Å². The van der Waals surface area contributed by atoms with Crippen molar-refractivity contribution < 1.29 is 24.5 Å². The number of aliphatic carboxylic acids is 1. The van der Waals surface area contributed by atoms with Gasteiger partial charge in [0.15, 0.2) is 0 Å². The highest BCUT2D eigenvalue weighted by Crippen LogP contribution is 2.44. The normalized spacial score (nSPS) is 22.5. The van der Waals surface area contributed by atoms with E-state index in [2.05, 4.69) is 0 Å². The number of nitrogens with zero attached hydrogens (tertiary/aromatic N) is 1. The fourth-order valence-corrected chi connectivity index (χ4v) is 3.55. The van der Waals surface area contributed by atoms with E-state index >= 15 is 0 Å². The van der Waals surface area contributed by atoms with Crippen molar-refractivity contribution in [2.75, 3.05) is 0 Å². The molecule has 0 aromatic heterocycles. The van der Waals surface area contributed by atoms with Crippen molar-refractivity contribution in [3.63, 3.8) is 0 Å². The van der Waals surface area contributed by atoms with Crippen LogP contribution in [0.25, 0.3) is 0 Å². The van der Waals surface area contributed by atoms with Crippen LogP contribution in [-0.2, 0) is 9.59 Å². The quantitative estimate of drug-likeness (QED) is 0.800. The SMILES string of the molecule is CC(C)(C)C(C(=O)O)C(=O)C[C@@H]1c2cc(C#N)ccc2OC(C)(C)[C@H]1O. The Morgan fingerprint density at radius 2 is 1.96 bits per heavy atom. The fourth-order valence-electron chi connectivity index (χ4n) is 3.55. The molecule has 140 valence electrons. The Hall–Kier alpha value is -2.39. The third kappa shape index (κ3) is 3.73. The van der Waals surface area contributed by atoms with Gasteiger partial charge in [-0.25, -0.2) is 0 Å². The smallest absolute Gasteiger partial charge is 0.314 e. The Kier molecular flexibility index (Phi) is 5.16. The van der Waals surface area contributed by atoms with Gasteiger partial charge in [-0.3, -0.25) is 9.59 Å². The van der Waals surface area contributed by atoms with E-state index in [-0.39, 0.29) is 6.42 Å². The molecule has 1 aliphatic rings. The van der Waals surface area contributed by atoms with Gasteiger partial charge in [0.05, 0.1) is 11.6 Å². The van der Waals surface area contributed by atoms with Gasteiger partial charge in [-0.05, 0) is 37.5 Å². The predicted octanol–water partition coefficient (Wildman–Crippen LogP) is 2.88. The monoisotopic (exact) mass is 359 g/mol. The van der Waals surface area contributed by atoms with Crippen molar-refractivity contribution >= 4 is 11.8 Å². The van der Waals surface area contributed by atoms with Crippen LogP contribution in [-0.4, -0.2) is 33.7 Å². The Morgan fingerprint density at radius 1 is 1.35 bits per heavy atom. The molecule has 0 saturated heterocycles. The zero-order valence-electron chi connectivity index (χ0n) is 15.7. The standard InChI is InChI=1S/C20H25NO5/c1-19(2,3)16(18(24)25)14(22)9-13-12-8-11(10-21)6-7-15(12)26-20(4,5)17(13)23/h6-8,13,16-17,23H,9H2,1-5H3,(H,24,25)/t13-,16?,17+/m1/s1. The summed E-state index contributed by atoms with van der Waals surface area (Å²) in [7, 11) is 0. The third-order valence-corrected chi connectivity index (χ3v) is 4.86. The highest BCUT2D eigenvalue weighted by molar-refractivity contribution is 5.99. The average molecular weight is 359 g/mol. The molecule has 1 unspecified atom stereocenters. The van der Waals surface area contributed by atoms with E-state index in [1.807, 2.05) is 6.07 Å². The van der Waals surface area contributed by atoms with E-state index < -0.39 is 40.7 Å². The number of benzene rings is 1. The van der Waals surface area contributed by atoms with Gasteiger partial charge in [0.2, 0.25) is 0 Å². The molecular formula is C20H25NO5. The second kappa shape index (κ2) is 6.73. The van der Waals surface area contributed by atoms with E-state index in [9.17, 15) is 19.8 Å². The maximum Gasteiger partial charge on any atom is 0.314 e. The highest BCUT2D eigenvalue weighted by atomic mass is 16.5. The Bertz CT molecular complexity index is 769. The van der Waals surface area contributed by atoms with Crippen molar-refractivity contribution in [3.05, 3.63) is 29.3 Å². The van der Waals surface area contributed by atoms with Crippen molar-refractivity contribution in [1.29, 1.82) is 5.26 Å². The molecule has 6 heteroatoms. The number of Topliss-reactive ketones (excluding diaryl/α,β-unsaturated/α-hetero) is 1. The van der Waals surface area contributed by atoms with Crippen LogP contribution in [0.1, 0.15) is 58.1 Å². The van der Waals surface area contributed by atoms with E-state index in [0.717, 1.165) is 0 Å². The summed E-state index contributed by atoms with van der Waals surface area (Å²) in [4.78, 5) is 24.5. The summed E-state index contributed by atoms with van der Waals surface area (Å²) in [6, 6.07) is 6.89. The molecule has 2 rings (SSSR count). The maximum atomic E-state index is 12.8. The summed E-state index contributed by atoms with van der Waals surface area (Å²) < 4.78 is 5.83. The Morgan fingerprint density at radius 3 is 2.46 bits per heavy atom. The molecule has 0 radical (unpaired) electrons. The average Bonchev–Trinajstić information content (AvgIpc) is 2.49. The number of hydrogen-bond donors (Lipinski definition) is 2. The minimum Gasteiger partial charge on any atom is -0.485 e. The first-order valence-corrected chi connectivity index (χ1v) is 8.55. The number of carboxylic acid groups (broad SMARTS) is 1. The first kappa shape index (κ1) is 19.9. The minimum absolute atomic E-state index is 0.135. The van der Waals surface area contributed by atoms with Crippen LogP contribution in [0.5, 0.6) is 5.75 Å². The van der Waals surface area contributed by atoms with Gasteiger partial charge in [0.1, 0.15) is 29.2 Å². The number of carbonyl (C=O) groups excluding carboxylic acids is 1. The molecule has 1 aromatic rings. The number of ether oxygens (including phenoxy) is 1. The van der Waals surface area contributed by atoms with E-state index in [1.54, 1.807) is 52.8 Å². The number of aliphatic hydroxyl groups is 1. The lowest BCUT2D eigenvalue weighted by Crippen LogP contribution is -2.50. The van der Waals surface area contributed by atoms with Crippen molar-refractivity contribution in [3.8, 4) is 11.8 Å². The zero-order valence-corrected chi connectivity index (χ0v) is 15.7. The van der Waals surface area contributed by atoms with Crippen LogP contribution in [0, 0.1) is 22.7 Å². The molecule has 26 heavy (non-hydrogen) atoms. The minimum atomic E-state index is -1.18. The predicted molar refractivity (Wildman–Crippen MR) is 94.8 cm³/mol. The number of carbonyl (C=O) groups is 2. The molecule has 0 fully saturated rings. The number of nitriles is 1. The van der Waals surface area contributed by atoms with E-state index in [1.165, 1.54) is 0 Å². The van der Waals surface area contributed by atoms with Gasteiger partial charge < -0.3 is 14.9 Å². The molecule has 2 N–H and O–H groups in total. The Labute approximate surface area is 153 Å². The van der Waals surface area contributed by atoms with Crippen LogP contribution < -0.4 is 4.74 Å². The summed E-state index contributed by atoms with van der Waals surface area (Å²) >= 11 is 0. The lowest BCUT2D eigenvalue weighted by atomic mass is 9.72. The number of hydrogen-bond acceptors (Lipinski definition) is 5. The van der Waals surface area contributed by atoms with E-state index in [4.69, 9.17) is 10.00 Å². The first-order chi connectivity index (χ1) is 11.9. The number of ketones is 1. The van der Waals surface area contributed by atoms with Crippen LogP contribution >= 0.6 is 0 Å². The molecule has 1 aliphatic heterocycles. The summed E-state index contributed by atoms with van der Waals surface area (Å²) in [5.74, 6) is -2.93. The molecular weight excluding hydrogens is 334 g/mol.